The van der Waals surface area contributed by atoms with Crippen molar-refractivity contribution in [2.75, 3.05) is 13.2 Å². The minimum atomic E-state index is -0.812. The molecule has 1 aromatic rings. The zero-order valence-electron chi connectivity index (χ0n) is 14.6. The molecule has 1 aromatic carbocycles. The number of ether oxygens (including phenoxy) is 2. The van der Waals surface area contributed by atoms with Gasteiger partial charge in [-0.25, -0.2) is 5.43 Å². The molecule has 0 saturated carbocycles. The fourth-order valence-corrected chi connectivity index (χ4v) is 1.75. The van der Waals surface area contributed by atoms with Gasteiger partial charge in [0.05, 0.1) is 19.4 Å². The van der Waals surface area contributed by atoms with Crippen LogP contribution in [0.5, 0.6) is 11.5 Å². The van der Waals surface area contributed by atoms with Gasteiger partial charge in [0, 0.05) is 6.04 Å². The smallest absolute Gasteiger partial charge is 0.329 e. The van der Waals surface area contributed by atoms with E-state index in [0.717, 1.165) is 6.42 Å². The Balaban J connectivity index is 2.71. The van der Waals surface area contributed by atoms with Crippen LogP contribution in [0.25, 0.3) is 0 Å². The number of hydrazone groups is 1. The van der Waals surface area contributed by atoms with Crippen LogP contribution in [-0.2, 0) is 9.59 Å². The Labute approximate surface area is 142 Å². The fourth-order valence-electron chi connectivity index (χ4n) is 1.75. The summed E-state index contributed by atoms with van der Waals surface area (Å²) in [7, 11) is 0. The zero-order chi connectivity index (χ0) is 17.9. The minimum absolute atomic E-state index is 0.114. The monoisotopic (exact) mass is 335 g/mol. The van der Waals surface area contributed by atoms with Crippen molar-refractivity contribution < 1.29 is 19.1 Å². The Morgan fingerprint density at radius 3 is 2.54 bits per heavy atom. The van der Waals surface area contributed by atoms with Crippen molar-refractivity contribution >= 4 is 18.0 Å². The molecule has 24 heavy (non-hydrogen) atoms. The molecule has 1 rings (SSSR count). The summed E-state index contributed by atoms with van der Waals surface area (Å²) in [4.78, 5) is 23.0. The topological polar surface area (TPSA) is 89.0 Å². The standard InChI is InChI=1S/C17H25N3O4/c1-5-9-24-14-8-7-13(10-15(14)23-6-2)11-18-20-17(22)16(21)19-12(3)4/h7-8,10-12H,5-6,9H2,1-4H3,(H,19,21)(H,20,22). The first-order valence-corrected chi connectivity index (χ1v) is 8.01. The summed E-state index contributed by atoms with van der Waals surface area (Å²) in [6.45, 7) is 8.57. The second-order valence-corrected chi connectivity index (χ2v) is 5.31. The molecule has 0 heterocycles. The molecule has 0 radical (unpaired) electrons. The van der Waals surface area contributed by atoms with Crippen molar-refractivity contribution in [1.29, 1.82) is 0 Å². The molecular formula is C17H25N3O4. The molecule has 0 aliphatic carbocycles. The normalized spacial score (nSPS) is 10.7. The number of amides is 2. The van der Waals surface area contributed by atoms with Gasteiger partial charge in [-0.3, -0.25) is 9.59 Å². The SMILES string of the molecule is CCCOc1ccc(C=NNC(=O)C(=O)NC(C)C)cc1OCC. The second kappa shape index (κ2) is 10.3. The molecule has 0 aromatic heterocycles. The third-order valence-corrected chi connectivity index (χ3v) is 2.74. The van der Waals surface area contributed by atoms with Gasteiger partial charge in [-0.05, 0) is 51.0 Å². The number of nitrogens with one attached hydrogen (secondary N) is 2. The van der Waals surface area contributed by atoms with Gasteiger partial charge in [0.15, 0.2) is 11.5 Å². The van der Waals surface area contributed by atoms with Crippen LogP contribution in [0.4, 0.5) is 0 Å². The summed E-state index contributed by atoms with van der Waals surface area (Å²) in [5.41, 5.74) is 2.90. The van der Waals surface area contributed by atoms with Crippen molar-refractivity contribution in [1.82, 2.24) is 10.7 Å². The van der Waals surface area contributed by atoms with E-state index in [-0.39, 0.29) is 6.04 Å². The molecule has 0 fully saturated rings. The van der Waals surface area contributed by atoms with Crippen LogP contribution in [0.15, 0.2) is 23.3 Å². The highest BCUT2D eigenvalue weighted by molar-refractivity contribution is 6.35. The van der Waals surface area contributed by atoms with Crippen LogP contribution in [0.1, 0.15) is 39.7 Å². The summed E-state index contributed by atoms with van der Waals surface area (Å²) in [5.74, 6) is -0.261. The summed E-state index contributed by atoms with van der Waals surface area (Å²) >= 11 is 0. The van der Waals surface area contributed by atoms with E-state index < -0.39 is 11.8 Å². The lowest BCUT2D eigenvalue weighted by atomic mass is 10.2. The van der Waals surface area contributed by atoms with Crippen molar-refractivity contribution in [3.05, 3.63) is 23.8 Å². The lowest BCUT2D eigenvalue weighted by Crippen LogP contribution is -2.41. The predicted octanol–water partition coefficient (Wildman–Crippen LogP) is 1.85. The van der Waals surface area contributed by atoms with E-state index in [1.165, 1.54) is 6.21 Å². The number of carbonyl (C=O) groups excluding carboxylic acids is 2. The third kappa shape index (κ3) is 6.68. The zero-order valence-corrected chi connectivity index (χ0v) is 14.6. The lowest BCUT2D eigenvalue weighted by molar-refractivity contribution is -0.139. The highest BCUT2D eigenvalue weighted by Crippen LogP contribution is 2.28. The Morgan fingerprint density at radius 1 is 1.17 bits per heavy atom. The molecule has 0 aliphatic heterocycles. The summed E-state index contributed by atoms with van der Waals surface area (Å²) < 4.78 is 11.2. The van der Waals surface area contributed by atoms with Gasteiger partial charge in [0.2, 0.25) is 0 Å². The first-order valence-electron chi connectivity index (χ1n) is 8.01. The molecule has 0 unspecified atom stereocenters. The van der Waals surface area contributed by atoms with E-state index in [0.29, 0.717) is 30.3 Å². The molecule has 2 N–H and O–H groups in total. The van der Waals surface area contributed by atoms with Gasteiger partial charge in [0.1, 0.15) is 0 Å². The molecular weight excluding hydrogens is 310 g/mol. The first kappa shape index (κ1) is 19.5. The number of nitrogens with zero attached hydrogens (tertiary/aromatic N) is 1. The number of hydrogen-bond donors (Lipinski definition) is 2. The largest absolute Gasteiger partial charge is 0.490 e. The average molecular weight is 335 g/mol. The summed E-state index contributed by atoms with van der Waals surface area (Å²) in [6.07, 6.45) is 2.34. The number of benzene rings is 1. The molecule has 2 amide bonds. The van der Waals surface area contributed by atoms with Crippen LogP contribution >= 0.6 is 0 Å². The highest BCUT2D eigenvalue weighted by atomic mass is 16.5. The summed E-state index contributed by atoms with van der Waals surface area (Å²) in [5, 5.41) is 6.26. The van der Waals surface area contributed by atoms with E-state index in [2.05, 4.69) is 15.8 Å². The van der Waals surface area contributed by atoms with Gasteiger partial charge in [-0.1, -0.05) is 6.92 Å². The Kier molecular flexibility index (Phi) is 8.32. The number of hydrogen-bond acceptors (Lipinski definition) is 5. The predicted molar refractivity (Wildman–Crippen MR) is 92.4 cm³/mol. The minimum Gasteiger partial charge on any atom is -0.490 e. The van der Waals surface area contributed by atoms with Crippen LogP contribution in [0.3, 0.4) is 0 Å². The van der Waals surface area contributed by atoms with E-state index >= 15 is 0 Å². The molecule has 7 heteroatoms. The molecule has 7 nitrogen and oxygen atoms in total. The number of rotatable bonds is 8. The van der Waals surface area contributed by atoms with Crippen LogP contribution in [0, 0.1) is 0 Å². The second-order valence-electron chi connectivity index (χ2n) is 5.31. The fraction of sp³-hybridized carbons (Fsp3) is 0.471. The van der Waals surface area contributed by atoms with E-state index in [4.69, 9.17) is 9.47 Å². The van der Waals surface area contributed by atoms with Crippen LogP contribution in [0.2, 0.25) is 0 Å². The van der Waals surface area contributed by atoms with Gasteiger partial charge < -0.3 is 14.8 Å². The van der Waals surface area contributed by atoms with Crippen molar-refractivity contribution in [2.24, 2.45) is 5.10 Å². The molecule has 0 bridgehead atoms. The third-order valence-electron chi connectivity index (χ3n) is 2.74. The number of carbonyl (C=O) groups is 2. The van der Waals surface area contributed by atoms with Gasteiger partial charge in [-0.2, -0.15) is 5.10 Å². The van der Waals surface area contributed by atoms with E-state index in [1.54, 1.807) is 32.0 Å². The molecule has 0 aliphatic rings. The van der Waals surface area contributed by atoms with E-state index in [1.807, 2.05) is 13.8 Å². The quantitative estimate of drug-likeness (QED) is 0.431. The van der Waals surface area contributed by atoms with Gasteiger partial charge in [0.25, 0.3) is 0 Å². The Hall–Kier alpha value is -2.57. The Morgan fingerprint density at radius 2 is 1.92 bits per heavy atom. The lowest BCUT2D eigenvalue weighted by Gasteiger charge is -2.11. The van der Waals surface area contributed by atoms with Gasteiger partial charge >= 0.3 is 11.8 Å². The maximum Gasteiger partial charge on any atom is 0.329 e. The van der Waals surface area contributed by atoms with Crippen LogP contribution < -0.4 is 20.2 Å². The van der Waals surface area contributed by atoms with Crippen LogP contribution in [-0.4, -0.2) is 37.3 Å². The van der Waals surface area contributed by atoms with Crippen molar-refractivity contribution in [2.45, 2.75) is 40.2 Å². The maximum atomic E-state index is 11.5. The maximum absolute atomic E-state index is 11.5. The van der Waals surface area contributed by atoms with Crippen molar-refractivity contribution in [3.8, 4) is 11.5 Å². The molecule has 132 valence electrons. The Bertz CT molecular complexity index is 585. The molecule has 0 atom stereocenters. The average Bonchev–Trinajstić information content (AvgIpc) is 2.53. The van der Waals surface area contributed by atoms with E-state index in [9.17, 15) is 9.59 Å². The summed E-state index contributed by atoms with van der Waals surface area (Å²) in [6, 6.07) is 5.22. The van der Waals surface area contributed by atoms with Crippen molar-refractivity contribution in [3.63, 3.8) is 0 Å². The highest BCUT2D eigenvalue weighted by Gasteiger charge is 2.13. The first-order chi connectivity index (χ1) is 11.5. The molecule has 0 spiro atoms. The molecule has 0 saturated heterocycles. The van der Waals surface area contributed by atoms with Gasteiger partial charge in [-0.15, -0.1) is 0 Å².